The Morgan fingerprint density at radius 3 is 2.36 bits per heavy atom. The van der Waals surface area contributed by atoms with E-state index in [1.54, 1.807) is 4.90 Å². The van der Waals surface area contributed by atoms with E-state index in [4.69, 9.17) is 0 Å². The first-order valence-electron chi connectivity index (χ1n) is 12.9. The molecule has 9 nitrogen and oxygen atoms in total. The molecule has 202 valence electrons. The highest BCUT2D eigenvalue weighted by Crippen LogP contribution is 2.20. The molecule has 0 aliphatic carbocycles. The highest BCUT2D eigenvalue weighted by atomic mass is 16.6. The summed E-state index contributed by atoms with van der Waals surface area (Å²) in [4.78, 5) is 43.8. The van der Waals surface area contributed by atoms with Crippen molar-refractivity contribution in [3.05, 3.63) is 106 Å². The number of fused-ring (bicyclic) bond motifs is 1. The minimum absolute atomic E-state index is 0.0640. The van der Waals surface area contributed by atoms with Crippen LogP contribution in [0.2, 0.25) is 0 Å². The van der Waals surface area contributed by atoms with Crippen molar-refractivity contribution in [3.63, 3.8) is 0 Å². The zero-order valence-electron chi connectivity index (χ0n) is 22.4. The molecule has 0 fully saturated rings. The second-order valence-corrected chi connectivity index (χ2v) is 9.87. The molecular weight excluding hydrogens is 494 g/mol. The maximum absolute atomic E-state index is 13.7. The number of nitrogens with one attached hydrogen (secondary N) is 2. The molecule has 0 aliphatic rings. The number of aromatic amines is 1. The fourth-order valence-electron chi connectivity index (χ4n) is 4.40. The molecule has 1 heterocycles. The second-order valence-electron chi connectivity index (χ2n) is 9.87. The van der Waals surface area contributed by atoms with E-state index in [9.17, 15) is 19.7 Å². The summed E-state index contributed by atoms with van der Waals surface area (Å²) >= 11 is 0. The molecule has 4 rings (SSSR count). The molecule has 0 saturated heterocycles. The standard InChI is InChI=1S/C30H33N5O4/c1-21(2)34(30(37)32-25-12-14-26(15-13-25)35(38)39)20-29(36)33(19-23-10-8-22(3)9-11-23)17-16-24-18-31-28-7-5-4-6-27(24)28/h4-15,18,21,31H,16-17,19-20H2,1-3H3,(H,32,37). The molecule has 1 aromatic heterocycles. The van der Waals surface area contributed by atoms with Crippen LogP contribution in [0.3, 0.4) is 0 Å². The Bertz CT molecular complexity index is 1440. The third-order valence-electron chi connectivity index (χ3n) is 6.69. The van der Waals surface area contributed by atoms with Crippen LogP contribution in [0.5, 0.6) is 0 Å². The number of non-ortho nitro benzene ring substituents is 1. The molecule has 0 radical (unpaired) electrons. The Labute approximate surface area is 227 Å². The fourth-order valence-corrected chi connectivity index (χ4v) is 4.40. The smallest absolute Gasteiger partial charge is 0.322 e. The number of hydrogen-bond acceptors (Lipinski definition) is 4. The monoisotopic (exact) mass is 527 g/mol. The molecule has 0 spiro atoms. The van der Waals surface area contributed by atoms with Crippen molar-refractivity contribution in [2.45, 2.75) is 39.8 Å². The lowest BCUT2D eigenvalue weighted by Gasteiger charge is -2.30. The van der Waals surface area contributed by atoms with Crippen molar-refractivity contribution in [3.8, 4) is 0 Å². The zero-order valence-corrected chi connectivity index (χ0v) is 22.4. The number of aromatic nitrogens is 1. The number of nitro groups is 1. The van der Waals surface area contributed by atoms with Gasteiger partial charge in [-0.3, -0.25) is 14.9 Å². The van der Waals surface area contributed by atoms with Crippen molar-refractivity contribution in [2.24, 2.45) is 0 Å². The van der Waals surface area contributed by atoms with E-state index in [-0.39, 0.29) is 24.2 Å². The van der Waals surface area contributed by atoms with Gasteiger partial charge in [-0.2, -0.15) is 0 Å². The number of rotatable bonds is 10. The first kappa shape index (κ1) is 27.4. The van der Waals surface area contributed by atoms with Crippen LogP contribution in [-0.2, 0) is 17.8 Å². The molecule has 0 atom stereocenters. The Morgan fingerprint density at radius 2 is 1.69 bits per heavy atom. The van der Waals surface area contributed by atoms with Gasteiger partial charge in [-0.15, -0.1) is 0 Å². The van der Waals surface area contributed by atoms with E-state index in [0.717, 1.165) is 27.6 Å². The molecule has 2 N–H and O–H groups in total. The highest BCUT2D eigenvalue weighted by Gasteiger charge is 2.24. The maximum atomic E-state index is 13.7. The summed E-state index contributed by atoms with van der Waals surface area (Å²) in [5.74, 6) is -0.164. The summed E-state index contributed by atoms with van der Waals surface area (Å²) in [6.07, 6.45) is 2.65. The Morgan fingerprint density at radius 1 is 1.00 bits per heavy atom. The van der Waals surface area contributed by atoms with Gasteiger partial charge >= 0.3 is 6.03 Å². The van der Waals surface area contributed by atoms with Gasteiger partial charge in [-0.05, 0) is 56.5 Å². The maximum Gasteiger partial charge on any atom is 0.322 e. The molecule has 3 amide bonds. The van der Waals surface area contributed by atoms with Crippen molar-refractivity contribution in [1.29, 1.82) is 0 Å². The molecule has 0 bridgehead atoms. The Hall–Kier alpha value is -4.66. The molecule has 4 aromatic rings. The number of H-pyrrole nitrogens is 1. The first-order chi connectivity index (χ1) is 18.7. The lowest BCUT2D eigenvalue weighted by atomic mass is 10.1. The lowest BCUT2D eigenvalue weighted by Crippen LogP contribution is -2.47. The number of hydrogen-bond donors (Lipinski definition) is 2. The van der Waals surface area contributed by atoms with E-state index >= 15 is 0 Å². The topological polar surface area (TPSA) is 112 Å². The van der Waals surface area contributed by atoms with Gasteiger partial charge in [-0.1, -0.05) is 48.0 Å². The van der Waals surface area contributed by atoms with Gasteiger partial charge in [0.15, 0.2) is 0 Å². The van der Waals surface area contributed by atoms with E-state index < -0.39 is 11.0 Å². The van der Waals surface area contributed by atoms with Gasteiger partial charge in [0.1, 0.15) is 6.54 Å². The molecule has 9 heteroatoms. The number of nitro benzene ring substituents is 1. The summed E-state index contributed by atoms with van der Waals surface area (Å²) in [6, 6.07) is 21.1. The molecule has 0 unspecified atom stereocenters. The van der Waals surface area contributed by atoms with Crippen molar-refractivity contribution >= 4 is 34.2 Å². The lowest BCUT2D eigenvalue weighted by molar-refractivity contribution is -0.384. The van der Waals surface area contributed by atoms with E-state index in [1.165, 1.54) is 29.2 Å². The van der Waals surface area contributed by atoms with Gasteiger partial charge in [0, 0.05) is 54.1 Å². The minimum Gasteiger partial charge on any atom is -0.361 e. The van der Waals surface area contributed by atoms with Crippen molar-refractivity contribution in [1.82, 2.24) is 14.8 Å². The van der Waals surface area contributed by atoms with Crippen LogP contribution >= 0.6 is 0 Å². The van der Waals surface area contributed by atoms with Crippen LogP contribution in [0.1, 0.15) is 30.5 Å². The highest BCUT2D eigenvalue weighted by molar-refractivity contribution is 5.92. The predicted octanol–water partition coefficient (Wildman–Crippen LogP) is 5.90. The number of nitrogens with zero attached hydrogens (tertiary/aromatic N) is 3. The Balaban J connectivity index is 1.49. The third kappa shape index (κ3) is 7.01. The van der Waals surface area contributed by atoms with Crippen LogP contribution in [0, 0.1) is 17.0 Å². The number of anilines is 1. The molecule has 0 aliphatic heterocycles. The molecule has 0 saturated carbocycles. The summed E-state index contributed by atoms with van der Waals surface area (Å²) in [6.45, 7) is 6.53. The number of urea groups is 1. The molecule has 3 aromatic carbocycles. The fraction of sp³-hybridized carbons (Fsp3) is 0.267. The van der Waals surface area contributed by atoms with Crippen LogP contribution in [0.15, 0.2) is 79.0 Å². The van der Waals surface area contributed by atoms with Crippen LogP contribution in [-0.4, -0.2) is 50.8 Å². The normalized spacial score (nSPS) is 11.0. The number of carbonyl (C=O) groups excluding carboxylic acids is 2. The van der Waals surface area contributed by atoms with Crippen LogP contribution < -0.4 is 5.32 Å². The van der Waals surface area contributed by atoms with Crippen LogP contribution in [0.4, 0.5) is 16.2 Å². The quantitative estimate of drug-likeness (QED) is 0.198. The van der Waals surface area contributed by atoms with Crippen LogP contribution in [0.25, 0.3) is 10.9 Å². The summed E-state index contributed by atoms with van der Waals surface area (Å²) in [5.41, 5.74) is 4.69. The SMILES string of the molecule is Cc1ccc(CN(CCc2c[nH]c3ccccc23)C(=O)CN(C(=O)Nc2ccc([N+](=O)[O-])cc2)C(C)C)cc1. The van der Waals surface area contributed by atoms with Crippen molar-refractivity contribution < 1.29 is 14.5 Å². The summed E-state index contributed by atoms with van der Waals surface area (Å²) in [7, 11) is 0. The number of benzene rings is 3. The average Bonchev–Trinajstić information content (AvgIpc) is 3.33. The summed E-state index contributed by atoms with van der Waals surface area (Å²) in [5, 5.41) is 14.8. The predicted molar refractivity (Wildman–Crippen MR) is 153 cm³/mol. The first-order valence-corrected chi connectivity index (χ1v) is 12.9. The van der Waals surface area contributed by atoms with Crippen molar-refractivity contribution in [2.75, 3.05) is 18.4 Å². The third-order valence-corrected chi connectivity index (χ3v) is 6.69. The number of carbonyl (C=O) groups is 2. The number of aryl methyl sites for hydroxylation is 1. The van der Waals surface area contributed by atoms with E-state index in [0.29, 0.717) is 25.2 Å². The van der Waals surface area contributed by atoms with Gasteiger partial charge in [0.2, 0.25) is 5.91 Å². The molecular formula is C30H33N5O4. The zero-order chi connectivity index (χ0) is 27.9. The minimum atomic E-state index is -0.496. The average molecular weight is 528 g/mol. The second kappa shape index (κ2) is 12.3. The van der Waals surface area contributed by atoms with Gasteiger partial charge in [0.05, 0.1) is 4.92 Å². The Kier molecular flexibility index (Phi) is 8.60. The largest absolute Gasteiger partial charge is 0.361 e. The van der Waals surface area contributed by atoms with Gasteiger partial charge < -0.3 is 20.1 Å². The number of amides is 3. The number of para-hydroxylation sites is 1. The molecule has 39 heavy (non-hydrogen) atoms. The summed E-state index contributed by atoms with van der Waals surface area (Å²) < 4.78 is 0. The van der Waals surface area contributed by atoms with Gasteiger partial charge in [-0.25, -0.2) is 4.79 Å². The van der Waals surface area contributed by atoms with Gasteiger partial charge in [0.25, 0.3) is 5.69 Å². The van der Waals surface area contributed by atoms with E-state index in [2.05, 4.69) is 16.4 Å². The van der Waals surface area contributed by atoms with E-state index in [1.807, 2.05) is 69.4 Å².